The fourth-order valence-corrected chi connectivity index (χ4v) is 2.43. The van der Waals surface area contributed by atoms with Gasteiger partial charge in [-0.2, -0.15) is 0 Å². The van der Waals surface area contributed by atoms with Crippen LogP contribution in [0.4, 0.5) is 0 Å². The van der Waals surface area contributed by atoms with Gasteiger partial charge >= 0.3 is 0 Å². The van der Waals surface area contributed by atoms with E-state index in [9.17, 15) is 0 Å². The molecule has 19 heavy (non-hydrogen) atoms. The van der Waals surface area contributed by atoms with Gasteiger partial charge in [-0.05, 0) is 24.3 Å². The van der Waals surface area contributed by atoms with Gasteiger partial charge in [0.2, 0.25) is 11.8 Å². The van der Waals surface area contributed by atoms with E-state index in [1.54, 1.807) is 11.8 Å². The van der Waals surface area contributed by atoms with E-state index in [0.29, 0.717) is 17.5 Å². The highest BCUT2D eigenvalue weighted by Crippen LogP contribution is 2.23. The zero-order valence-corrected chi connectivity index (χ0v) is 11.0. The predicted molar refractivity (Wildman–Crippen MR) is 75.7 cm³/mol. The molecule has 94 valence electrons. The van der Waals surface area contributed by atoms with E-state index in [0.717, 1.165) is 5.56 Å². The van der Waals surface area contributed by atoms with Crippen LogP contribution in [0, 0.1) is 0 Å². The summed E-state index contributed by atoms with van der Waals surface area (Å²) in [6.45, 7) is 0. The summed E-state index contributed by atoms with van der Waals surface area (Å²) in [5, 5.41) is 8.14. The van der Waals surface area contributed by atoms with Crippen molar-refractivity contribution in [2.75, 3.05) is 0 Å². The number of aromatic nitrogens is 2. The molecule has 3 nitrogen and oxygen atoms in total. The minimum Gasteiger partial charge on any atom is -0.420 e. The minimum absolute atomic E-state index is 0.573. The van der Waals surface area contributed by atoms with E-state index in [4.69, 9.17) is 4.42 Å². The zero-order valence-electron chi connectivity index (χ0n) is 10.2. The molecule has 2 aromatic carbocycles. The molecule has 0 aliphatic carbocycles. The summed E-state index contributed by atoms with van der Waals surface area (Å²) in [7, 11) is 0. The van der Waals surface area contributed by atoms with Gasteiger partial charge in [-0.15, -0.1) is 22.0 Å². The van der Waals surface area contributed by atoms with Crippen molar-refractivity contribution in [2.24, 2.45) is 0 Å². The molecule has 0 saturated carbocycles. The van der Waals surface area contributed by atoms with Crippen molar-refractivity contribution in [3.05, 3.63) is 66.6 Å². The summed E-state index contributed by atoms with van der Waals surface area (Å²) in [5.74, 6) is 1.90. The Morgan fingerprint density at radius 1 is 0.842 bits per heavy atom. The molecule has 3 aromatic rings. The molecule has 1 heterocycles. The Labute approximate surface area is 115 Å². The first-order chi connectivity index (χ1) is 9.42. The van der Waals surface area contributed by atoms with Crippen molar-refractivity contribution in [3.8, 4) is 11.5 Å². The smallest absolute Gasteiger partial charge is 0.247 e. The summed E-state index contributed by atoms with van der Waals surface area (Å²) >= 11 is 1.69. The van der Waals surface area contributed by atoms with Crippen LogP contribution in [0.1, 0.15) is 5.89 Å². The Bertz CT molecular complexity index is 638. The molecular formula is C15H12N2OS. The average molecular weight is 268 g/mol. The maximum Gasteiger partial charge on any atom is 0.247 e. The number of hydrogen-bond donors (Lipinski definition) is 0. The molecule has 0 radical (unpaired) electrons. The number of thioether (sulfide) groups is 1. The molecule has 0 aliphatic heterocycles. The van der Waals surface area contributed by atoms with Crippen molar-refractivity contribution in [1.82, 2.24) is 10.2 Å². The summed E-state index contributed by atoms with van der Waals surface area (Å²) in [6.07, 6.45) is 0. The predicted octanol–water partition coefficient (Wildman–Crippen LogP) is 4.03. The monoisotopic (exact) mass is 268 g/mol. The van der Waals surface area contributed by atoms with Crippen LogP contribution < -0.4 is 0 Å². The van der Waals surface area contributed by atoms with Gasteiger partial charge in [-0.1, -0.05) is 36.4 Å². The molecule has 0 amide bonds. The summed E-state index contributed by atoms with van der Waals surface area (Å²) < 4.78 is 5.65. The van der Waals surface area contributed by atoms with Gasteiger partial charge in [-0.3, -0.25) is 0 Å². The highest BCUT2D eigenvalue weighted by atomic mass is 32.2. The highest BCUT2D eigenvalue weighted by Gasteiger charge is 2.08. The zero-order chi connectivity index (χ0) is 12.9. The molecular weight excluding hydrogens is 256 g/mol. The molecule has 1 aromatic heterocycles. The molecule has 0 saturated heterocycles. The van der Waals surface area contributed by atoms with Gasteiger partial charge in [0, 0.05) is 10.5 Å². The lowest BCUT2D eigenvalue weighted by Gasteiger charge is -1.96. The standard InChI is InChI=1S/C15H12N2OS/c1-3-7-12(8-4-1)15-17-16-14(18-15)11-19-13-9-5-2-6-10-13/h1-10H,11H2. The van der Waals surface area contributed by atoms with Gasteiger partial charge in [0.25, 0.3) is 0 Å². The lowest BCUT2D eigenvalue weighted by atomic mass is 10.2. The largest absolute Gasteiger partial charge is 0.420 e. The van der Waals surface area contributed by atoms with Crippen LogP contribution in [-0.4, -0.2) is 10.2 Å². The normalized spacial score (nSPS) is 10.5. The van der Waals surface area contributed by atoms with Gasteiger partial charge in [0.15, 0.2) is 0 Å². The Morgan fingerprint density at radius 2 is 1.53 bits per heavy atom. The first-order valence-corrected chi connectivity index (χ1v) is 6.96. The number of benzene rings is 2. The van der Waals surface area contributed by atoms with Crippen molar-refractivity contribution in [1.29, 1.82) is 0 Å². The number of rotatable bonds is 4. The highest BCUT2D eigenvalue weighted by molar-refractivity contribution is 7.98. The maximum atomic E-state index is 5.65. The Balaban J connectivity index is 1.69. The van der Waals surface area contributed by atoms with E-state index in [1.165, 1.54) is 4.90 Å². The molecule has 0 N–H and O–H groups in total. The van der Waals surface area contributed by atoms with E-state index in [-0.39, 0.29) is 0 Å². The quantitative estimate of drug-likeness (QED) is 0.670. The van der Waals surface area contributed by atoms with Gasteiger partial charge in [-0.25, -0.2) is 0 Å². The van der Waals surface area contributed by atoms with Gasteiger partial charge in [0.1, 0.15) is 0 Å². The summed E-state index contributed by atoms with van der Waals surface area (Å²) in [5.41, 5.74) is 0.950. The van der Waals surface area contributed by atoms with Crippen LogP contribution in [0.15, 0.2) is 70.0 Å². The maximum absolute atomic E-state index is 5.65. The van der Waals surface area contributed by atoms with Crippen molar-refractivity contribution in [2.45, 2.75) is 10.6 Å². The molecule has 0 unspecified atom stereocenters. The topological polar surface area (TPSA) is 38.9 Å². The summed E-state index contributed by atoms with van der Waals surface area (Å²) in [6, 6.07) is 20.0. The number of nitrogens with zero attached hydrogens (tertiary/aromatic N) is 2. The van der Waals surface area contributed by atoms with Crippen molar-refractivity contribution in [3.63, 3.8) is 0 Å². The minimum atomic E-state index is 0.573. The van der Waals surface area contributed by atoms with E-state index in [1.807, 2.05) is 48.5 Å². The van der Waals surface area contributed by atoms with E-state index >= 15 is 0 Å². The fraction of sp³-hybridized carbons (Fsp3) is 0.0667. The first kappa shape index (κ1) is 12.0. The lowest BCUT2D eigenvalue weighted by Crippen LogP contribution is -1.79. The average Bonchev–Trinajstić information content (AvgIpc) is 2.96. The van der Waals surface area contributed by atoms with E-state index in [2.05, 4.69) is 22.3 Å². The molecule has 0 aliphatic rings. The first-order valence-electron chi connectivity index (χ1n) is 5.97. The second-order valence-electron chi connectivity index (χ2n) is 3.97. The van der Waals surface area contributed by atoms with Crippen LogP contribution in [0.5, 0.6) is 0 Å². The van der Waals surface area contributed by atoms with Crippen molar-refractivity contribution < 1.29 is 4.42 Å². The molecule has 0 fully saturated rings. The molecule has 4 heteroatoms. The fourth-order valence-electron chi connectivity index (χ4n) is 1.67. The van der Waals surface area contributed by atoms with Crippen LogP contribution in [-0.2, 0) is 5.75 Å². The van der Waals surface area contributed by atoms with Gasteiger partial charge < -0.3 is 4.42 Å². The number of hydrogen-bond acceptors (Lipinski definition) is 4. The van der Waals surface area contributed by atoms with Crippen LogP contribution in [0.25, 0.3) is 11.5 Å². The van der Waals surface area contributed by atoms with Crippen LogP contribution in [0.3, 0.4) is 0 Å². The second kappa shape index (κ2) is 5.71. The third kappa shape index (κ3) is 3.03. The molecule has 0 spiro atoms. The molecule has 0 bridgehead atoms. The molecule has 3 rings (SSSR count). The summed E-state index contributed by atoms with van der Waals surface area (Å²) in [4.78, 5) is 1.20. The second-order valence-corrected chi connectivity index (χ2v) is 5.02. The Morgan fingerprint density at radius 3 is 2.26 bits per heavy atom. The third-order valence-electron chi connectivity index (χ3n) is 2.59. The Kier molecular flexibility index (Phi) is 3.61. The molecule has 0 atom stereocenters. The lowest BCUT2D eigenvalue weighted by molar-refractivity contribution is 0.528. The third-order valence-corrected chi connectivity index (χ3v) is 3.59. The van der Waals surface area contributed by atoms with E-state index < -0.39 is 0 Å². The Hall–Kier alpha value is -2.07. The van der Waals surface area contributed by atoms with Gasteiger partial charge in [0.05, 0.1) is 5.75 Å². The SMILES string of the molecule is c1ccc(SCc2nnc(-c3ccccc3)o2)cc1. The van der Waals surface area contributed by atoms with Crippen LogP contribution >= 0.6 is 11.8 Å². The van der Waals surface area contributed by atoms with Crippen molar-refractivity contribution >= 4 is 11.8 Å². The van der Waals surface area contributed by atoms with Crippen LogP contribution in [0.2, 0.25) is 0 Å².